The molecule has 1 aromatic heterocycles. The first-order valence-corrected chi connectivity index (χ1v) is 8.94. The van der Waals surface area contributed by atoms with Crippen molar-refractivity contribution in [3.05, 3.63) is 92.9 Å². The number of imide groups is 1. The zero-order chi connectivity index (χ0) is 21.4. The molecule has 0 saturated heterocycles. The number of anilines is 1. The number of nitro benzene ring substituents is 1. The Labute approximate surface area is 170 Å². The molecular formula is C21H15N3O6. The van der Waals surface area contributed by atoms with Crippen LogP contribution in [-0.2, 0) is 6.54 Å². The normalized spacial score (nSPS) is 12.8. The zero-order valence-corrected chi connectivity index (χ0v) is 15.7. The summed E-state index contributed by atoms with van der Waals surface area (Å²) in [4.78, 5) is 49.4. The first-order valence-electron chi connectivity index (χ1n) is 8.94. The lowest BCUT2D eigenvalue weighted by Crippen LogP contribution is -2.28. The van der Waals surface area contributed by atoms with Crippen LogP contribution in [0.3, 0.4) is 0 Å². The Morgan fingerprint density at radius 1 is 1.10 bits per heavy atom. The van der Waals surface area contributed by atoms with E-state index < -0.39 is 22.6 Å². The summed E-state index contributed by atoms with van der Waals surface area (Å²) >= 11 is 0. The predicted molar refractivity (Wildman–Crippen MR) is 105 cm³/mol. The highest BCUT2D eigenvalue weighted by Gasteiger charge is 2.36. The van der Waals surface area contributed by atoms with E-state index in [1.165, 1.54) is 36.6 Å². The van der Waals surface area contributed by atoms with Gasteiger partial charge in [0.1, 0.15) is 5.76 Å². The van der Waals surface area contributed by atoms with Gasteiger partial charge in [0.15, 0.2) is 0 Å². The molecule has 9 nitrogen and oxygen atoms in total. The predicted octanol–water partition coefficient (Wildman–Crippen LogP) is 3.54. The van der Waals surface area contributed by atoms with Gasteiger partial charge >= 0.3 is 0 Å². The first-order chi connectivity index (χ1) is 14.3. The first kappa shape index (κ1) is 19.1. The van der Waals surface area contributed by atoms with Crippen LogP contribution in [0.2, 0.25) is 0 Å². The number of carbonyl (C=O) groups is 3. The minimum absolute atomic E-state index is 0.00604. The Balaban J connectivity index is 1.57. The summed E-state index contributed by atoms with van der Waals surface area (Å²) in [5.74, 6) is -1.08. The standard InChI is InChI=1S/C21H15N3O6/c1-12-4-6-14(10-18(12)24(28)29)22-19(25)13-5-7-16-17(9-13)21(27)23(20(16)26)11-15-3-2-8-30-15/h2-10H,11H2,1H3,(H,22,25). The molecule has 0 fully saturated rings. The number of fused-ring (bicyclic) bond motifs is 1. The number of nitrogens with zero attached hydrogens (tertiary/aromatic N) is 2. The number of nitrogens with one attached hydrogen (secondary N) is 1. The van der Waals surface area contributed by atoms with Crippen LogP contribution in [0.5, 0.6) is 0 Å². The summed E-state index contributed by atoms with van der Waals surface area (Å²) in [6, 6.07) is 11.9. The van der Waals surface area contributed by atoms with E-state index in [1.54, 1.807) is 25.1 Å². The van der Waals surface area contributed by atoms with Crippen molar-refractivity contribution in [2.75, 3.05) is 5.32 Å². The van der Waals surface area contributed by atoms with Gasteiger partial charge in [0, 0.05) is 22.9 Å². The molecule has 9 heteroatoms. The minimum atomic E-state index is -0.555. The highest BCUT2D eigenvalue weighted by molar-refractivity contribution is 6.22. The molecule has 30 heavy (non-hydrogen) atoms. The fraction of sp³-hybridized carbons (Fsp3) is 0.0952. The number of rotatable bonds is 5. The lowest BCUT2D eigenvalue weighted by atomic mass is 10.1. The minimum Gasteiger partial charge on any atom is -0.467 e. The highest BCUT2D eigenvalue weighted by atomic mass is 16.6. The molecule has 4 rings (SSSR count). The average molecular weight is 405 g/mol. The van der Waals surface area contributed by atoms with Crippen LogP contribution in [0.25, 0.3) is 0 Å². The third kappa shape index (κ3) is 3.32. The van der Waals surface area contributed by atoms with Gasteiger partial charge in [-0.2, -0.15) is 0 Å². The molecule has 0 radical (unpaired) electrons. The molecule has 150 valence electrons. The van der Waals surface area contributed by atoms with Gasteiger partial charge in [0.25, 0.3) is 23.4 Å². The second kappa shape index (κ2) is 7.28. The van der Waals surface area contributed by atoms with E-state index in [-0.39, 0.29) is 34.6 Å². The monoisotopic (exact) mass is 405 g/mol. The van der Waals surface area contributed by atoms with Crippen molar-refractivity contribution < 1.29 is 23.7 Å². The van der Waals surface area contributed by atoms with Gasteiger partial charge in [-0.1, -0.05) is 6.07 Å². The summed E-state index contributed by atoms with van der Waals surface area (Å²) in [5, 5.41) is 13.7. The van der Waals surface area contributed by atoms with E-state index in [0.29, 0.717) is 11.3 Å². The fourth-order valence-corrected chi connectivity index (χ4v) is 3.22. The third-order valence-electron chi connectivity index (χ3n) is 4.79. The van der Waals surface area contributed by atoms with Gasteiger partial charge in [-0.3, -0.25) is 29.4 Å². The molecule has 3 amide bonds. The number of furan rings is 1. The van der Waals surface area contributed by atoms with Crippen LogP contribution in [0.1, 0.15) is 42.4 Å². The molecule has 0 saturated carbocycles. The zero-order valence-electron chi connectivity index (χ0n) is 15.7. The molecule has 0 bridgehead atoms. The molecule has 1 aliphatic heterocycles. The number of amides is 3. The molecule has 2 aromatic carbocycles. The van der Waals surface area contributed by atoms with Gasteiger partial charge in [0.2, 0.25) is 0 Å². The van der Waals surface area contributed by atoms with Crippen molar-refractivity contribution in [2.24, 2.45) is 0 Å². The largest absolute Gasteiger partial charge is 0.467 e. The number of benzene rings is 2. The number of carbonyl (C=O) groups excluding carboxylic acids is 3. The second-order valence-electron chi connectivity index (χ2n) is 6.75. The van der Waals surface area contributed by atoms with Crippen molar-refractivity contribution in [3.63, 3.8) is 0 Å². The van der Waals surface area contributed by atoms with Crippen molar-refractivity contribution in [1.29, 1.82) is 0 Å². The maximum Gasteiger partial charge on any atom is 0.274 e. The molecule has 0 aliphatic carbocycles. The van der Waals surface area contributed by atoms with E-state index >= 15 is 0 Å². The summed E-state index contributed by atoms with van der Waals surface area (Å²) in [7, 11) is 0. The molecule has 1 aliphatic rings. The Hall–Kier alpha value is -4.27. The lowest BCUT2D eigenvalue weighted by Gasteiger charge is -2.11. The van der Waals surface area contributed by atoms with Gasteiger partial charge < -0.3 is 9.73 Å². The summed E-state index contributed by atoms with van der Waals surface area (Å²) in [6.07, 6.45) is 1.45. The summed E-state index contributed by atoms with van der Waals surface area (Å²) in [5.41, 5.74) is 1.08. The van der Waals surface area contributed by atoms with Crippen LogP contribution in [0.4, 0.5) is 11.4 Å². The quantitative estimate of drug-likeness (QED) is 0.393. The van der Waals surface area contributed by atoms with E-state index in [0.717, 1.165) is 4.90 Å². The molecule has 2 heterocycles. The van der Waals surface area contributed by atoms with Crippen LogP contribution in [0, 0.1) is 17.0 Å². The Kier molecular flexibility index (Phi) is 4.63. The van der Waals surface area contributed by atoms with E-state index in [4.69, 9.17) is 4.42 Å². The SMILES string of the molecule is Cc1ccc(NC(=O)c2ccc3c(c2)C(=O)N(Cc2ccco2)C3=O)cc1[N+](=O)[O-]. The van der Waals surface area contributed by atoms with E-state index in [2.05, 4.69) is 5.32 Å². The Morgan fingerprint density at radius 2 is 1.87 bits per heavy atom. The van der Waals surface area contributed by atoms with Crippen molar-refractivity contribution in [2.45, 2.75) is 13.5 Å². The van der Waals surface area contributed by atoms with Crippen LogP contribution in [0.15, 0.2) is 59.2 Å². The number of hydrogen-bond acceptors (Lipinski definition) is 6. The molecule has 3 aromatic rings. The maximum atomic E-state index is 12.7. The van der Waals surface area contributed by atoms with E-state index in [1.807, 2.05) is 0 Å². The maximum absolute atomic E-state index is 12.7. The van der Waals surface area contributed by atoms with E-state index in [9.17, 15) is 24.5 Å². The summed E-state index contributed by atoms with van der Waals surface area (Å²) in [6.45, 7) is 1.59. The third-order valence-corrected chi connectivity index (χ3v) is 4.79. The number of hydrogen-bond donors (Lipinski definition) is 1. The average Bonchev–Trinajstić information content (AvgIpc) is 3.32. The van der Waals surface area contributed by atoms with Gasteiger partial charge in [0.05, 0.1) is 28.9 Å². The van der Waals surface area contributed by atoms with Gasteiger partial charge in [-0.15, -0.1) is 0 Å². The van der Waals surface area contributed by atoms with Crippen LogP contribution < -0.4 is 5.32 Å². The second-order valence-corrected chi connectivity index (χ2v) is 6.75. The molecule has 0 atom stereocenters. The van der Waals surface area contributed by atoms with Crippen LogP contribution in [-0.4, -0.2) is 27.5 Å². The smallest absolute Gasteiger partial charge is 0.274 e. The van der Waals surface area contributed by atoms with Gasteiger partial charge in [-0.05, 0) is 43.3 Å². The van der Waals surface area contributed by atoms with Crippen LogP contribution >= 0.6 is 0 Å². The molecule has 1 N–H and O–H groups in total. The lowest BCUT2D eigenvalue weighted by molar-refractivity contribution is -0.385. The number of nitro groups is 1. The number of aryl methyl sites for hydroxylation is 1. The van der Waals surface area contributed by atoms with Gasteiger partial charge in [-0.25, -0.2) is 0 Å². The molecular weight excluding hydrogens is 390 g/mol. The fourth-order valence-electron chi connectivity index (χ4n) is 3.22. The van der Waals surface area contributed by atoms with Crippen molar-refractivity contribution in [3.8, 4) is 0 Å². The topological polar surface area (TPSA) is 123 Å². The summed E-state index contributed by atoms with van der Waals surface area (Å²) < 4.78 is 5.20. The van der Waals surface area contributed by atoms with Crippen molar-refractivity contribution >= 4 is 29.1 Å². The van der Waals surface area contributed by atoms with Crippen molar-refractivity contribution in [1.82, 2.24) is 4.90 Å². The molecule has 0 spiro atoms. The Morgan fingerprint density at radius 3 is 2.57 bits per heavy atom. The molecule has 0 unspecified atom stereocenters. The highest BCUT2D eigenvalue weighted by Crippen LogP contribution is 2.27. The Bertz CT molecular complexity index is 1200.